The third-order valence-electron chi connectivity index (χ3n) is 7.53. The monoisotopic (exact) mass is 880 g/mol. The van der Waals surface area contributed by atoms with Gasteiger partial charge in [-0.25, -0.2) is 9.97 Å². The fourth-order valence-electron chi connectivity index (χ4n) is 5.12. The van der Waals surface area contributed by atoms with Gasteiger partial charge in [-0.1, -0.05) is 0 Å². The molecule has 0 fully saturated rings. The molecular weight excluding hydrogens is 853 g/mol. The Labute approximate surface area is 281 Å². The van der Waals surface area contributed by atoms with E-state index >= 15 is 0 Å². The Morgan fingerprint density at radius 1 is 0.659 bits per heavy atom. The van der Waals surface area contributed by atoms with E-state index in [4.69, 9.17) is 9.97 Å². The quantitative estimate of drug-likeness (QED) is 0.273. The number of aryl methyl sites for hydroxylation is 2. The molecule has 11 heteroatoms. The summed E-state index contributed by atoms with van der Waals surface area (Å²) in [5, 5.41) is 22.7. The van der Waals surface area contributed by atoms with E-state index in [0.29, 0.717) is 11.4 Å². The Bertz CT molecular complexity index is 1710. The van der Waals surface area contributed by atoms with Crippen LogP contribution in [0.5, 0.6) is 0 Å². The number of allylic oxidation sites excluding steroid dienone is 4. The molecule has 2 aliphatic rings. The molecule has 5 rings (SSSR count). The van der Waals surface area contributed by atoms with Gasteiger partial charge in [0, 0.05) is 30.1 Å². The second-order valence-electron chi connectivity index (χ2n) is 10.1. The van der Waals surface area contributed by atoms with Crippen molar-refractivity contribution < 1.29 is 19.8 Å². The van der Waals surface area contributed by atoms with Gasteiger partial charge in [0.15, 0.2) is 0 Å². The van der Waals surface area contributed by atoms with Crippen molar-refractivity contribution in [2.24, 2.45) is 0 Å². The van der Waals surface area contributed by atoms with Crippen molar-refractivity contribution in [1.29, 1.82) is 0 Å². The minimum atomic E-state index is -1.13. The number of carbonyl (C=O) groups is 2. The van der Waals surface area contributed by atoms with E-state index in [-0.39, 0.29) is 49.6 Å². The molecule has 0 spiro atoms. The summed E-state index contributed by atoms with van der Waals surface area (Å²) in [5.74, 6) is -2.26. The molecule has 8 bridgehead atoms. The van der Waals surface area contributed by atoms with Crippen LogP contribution in [0.25, 0.3) is 44.4 Å². The van der Waals surface area contributed by atoms with E-state index in [2.05, 4.69) is 75.1 Å². The number of carboxylic acids is 2. The number of rotatable bonds is 6. The van der Waals surface area contributed by atoms with Gasteiger partial charge in [0.05, 0.1) is 33.8 Å². The summed E-state index contributed by atoms with van der Waals surface area (Å²) in [7, 11) is 0. The zero-order chi connectivity index (χ0) is 28.9. The number of nitrogens with one attached hydrogen (secondary N) is 2. The van der Waals surface area contributed by atoms with Crippen molar-refractivity contribution in [3.63, 3.8) is 0 Å². The van der Waals surface area contributed by atoms with Crippen LogP contribution >= 0.6 is 45.2 Å². The first kappa shape index (κ1) is 31.7. The molecule has 0 aromatic carbocycles. The Balaban J connectivity index is 0.00000387. The number of halogens is 2. The van der Waals surface area contributed by atoms with Crippen molar-refractivity contribution in [3.8, 4) is 0 Å². The summed E-state index contributed by atoms with van der Waals surface area (Å²) in [5.41, 5.74) is 12.1. The van der Waals surface area contributed by atoms with Crippen molar-refractivity contribution in [3.05, 3.63) is 65.3 Å². The summed E-state index contributed by atoms with van der Waals surface area (Å²) in [6.07, 6.45) is 0.247. The molecule has 8 nitrogen and oxygen atoms in total. The standard InChI is InChI=1S/C30H28I2N4O4.Sn/c1-13-17(5-7-27(37)38)23-12-24-18(6-8-28(39)40)14(2)20(34-24)10-25-30(32)16(4)22(36-25)11-26-29(31)15(3)21(35-26)9-19(13)33-23;/h9-12,35-36H,5-8H2,1-4H3,(H,37,38)(H,39,40);/q;+2/p-2. The van der Waals surface area contributed by atoms with E-state index in [1.807, 2.05) is 32.0 Å². The maximum absolute atomic E-state index is 11.4. The van der Waals surface area contributed by atoms with Gasteiger partial charge >= 0.3 is 23.9 Å². The molecule has 41 heavy (non-hydrogen) atoms. The maximum atomic E-state index is 11.4. The van der Waals surface area contributed by atoms with Gasteiger partial charge in [0.1, 0.15) is 0 Å². The van der Waals surface area contributed by atoms with Crippen molar-refractivity contribution >= 4 is 125 Å². The Kier molecular flexibility index (Phi) is 9.73. The molecule has 0 saturated carbocycles. The molecular formula is C30H26I2N4O4Sn. The zero-order valence-corrected chi connectivity index (χ0v) is 30.1. The van der Waals surface area contributed by atoms with Crippen LogP contribution in [0.3, 0.4) is 0 Å². The Morgan fingerprint density at radius 2 is 1.05 bits per heavy atom. The Hall–Kier alpha value is -2.20. The van der Waals surface area contributed by atoms with E-state index in [0.717, 1.165) is 74.0 Å². The first-order valence-electron chi connectivity index (χ1n) is 12.8. The first-order chi connectivity index (χ1) is 18.9. The summed E-state index contributed by atoms with van der Waals surface area (Å²) < 4.78 is 2.18. The number of aliphatic carboxylic acids is 2. The number of fused-ring (bicyclic) bond motifs is 8. The second kappa shape index (κ2) is 12.6. The van der Waals surface area contributed by atoms with E-state index in [1.165, 1.54) is 0 Å². The minimum Gasteiger partial charge on any atom is -0.550 e. The fraction of sp³-hybridized carbons (Fsp3) is 0.267. The van der Waals surface area contributed by atoms with E-state index in [9.17, 15) is 19.8 Å². The molecule has 5 heterocycles. The molecule has 0 aliphatic carbocycles. The smallest absolute Gasteiger partial charge is 0.550 e. The number of carbonyl (C=O) groups excluding carboxylic acids is 2. The molecule has 3 aromatic rings. The third-order valence-corrected chi connectivity index (χ3v) is 10.3. The summed E-state index contributed by atoms with van der Waals surface area (Å²) in [4.78, 5) is 39.6. The van der Waals surface area contributed by atoms with Gasteiger partial charge in [0.2, 0.25) is 0 Å². The predicted octanol–water partition coefficient (Wildman–Crippen LogP) is 4.68. The molecule has 0 atom stereocenters. The summed E-state index contributed by atoms with van der Waals surface area (Å²) >= 11 is 4.68. The normalized spacial score (nSPS) is 13.0. The van der Waals surface area contributed by atoms with Gasteiger partial charge in [-0.15, -0.1) is 0 Å². The number of aromatic amines is 2. The molecule has 3 aromatic heterocycles. The van der Waals surface area contributed by atoms with Crippen LogP contribution in [0.2, 0.25) is 0 Å². The summed E-state index contributed by atoms with van der Waals surface area (Å²) in [6, 6.07) is 7.93. The SMILES string of the molecule is CC1=C(CCC(=O)[O-])c2cc3nc(cc4[nH]c(cc5[nH]c(cc1n2)c(C)c5I)c(C)c4I)C(C)=C3CCC(=O)[O-].[Sn+2]. The van der Waals surface area contributed by atoms with Gasteiger partial charge in [-0.2, -0.15) is 0 Å². The van der Waals surface area contributed by atoms with Gasteiger partial charge < -0.3 is 29.8 Å². The van der Waals surface area contributed by atoms with Crippen molar-refractivity contribution in [2.75, 3.05) is 0 Å². The first-order valence-corrected chi connectivity index (χ1v) is 15.0. The van der Waals surface area contributed by atoms with Crippen LogP contribution in [-0.2, 0) is 9.59 Å². The number of hydrogen-bond donors (Lipinski definition) is 2. The van der Waals surface area contributed by atoms with Crippen LogP contribution in [0.1, 0.15) is 73.4 Å². The van der Waals surface area contributed by atoms with Gasteiger partial charge in [-0.05, 0) is 156 Å². The van der Waals surface area contributed by atoms with Crippen LogP contribution in [0.4, 0.5) is 0 Å². The molecule has 2 aliphatic heterocycles. The number of hydrogen-bond acceptors (Lipinski definition) is 6. The van der Waals surface area contributed by atoms with Crippen LogP contribution in [-0.4, -0.2) is 55.8 Å². The molecule has 0 unspecified atom stereocenters. The number of carboxylic acid groups (broad SMARTS) is 2. The molecule has 0 amide bonds. The average Bonchev–Trinajstić information content (AvgIpc) is 3.53. The van der Waals surface area contributed by atoms with E-state index in [1.54, 1.807) is 0 Å². The van der Waals surface area contributed by atoms with Crippen LogP contribution < -0.4 is 10.2 Å². The molecule has 2 N–H and O–H groups in total. The van der Waals surface area contributed by atoms with E-state index < -0.39 is 11.9 Å². The minimum absolute atomic E-state index is 0. The van der Waals surface area contributed by atoms with Gasteiger partial charge in [-0.3, -0.25) is 0 Å². The topological polar surface area (TPSA) is 138 Å². The molecule has 2 radical (unpaired) electrons. The molecule has 208 valence electrons. The van der Waals surface area contributed by atoms with Gasteiger partial charge in [0.25, 0.3) is 0 Å². The number of H-pyrrole nitrogens is 2. The Morgan fingerprint density at radius 3 is 1.49 bits per heavy atom. The maximum Gasteiger partial charge on any atom is 2.00 e. The number of nitrogens with zero attached hydrogens (tertiary/aromatic N) is 2. The number of aromatic nitrogens is 4. The fourth-order valence-corrected chi connectivity index (χ4v) is 6.29. The largest absolute Gasteiger partial charge is 2.00 e. The predicted molar refractivity (Wildman–Crippen MR) is 175 cm³/mol. The van der Waals surface area contributed by atoms with Crippen LogP contribution in [0.15, 0.2) is 24.3 Å². The molecule has 0 saturated heterocycles. The third kappa shape index (κ3) is 6.28. The van der Waals surface area contributed by atoms with Crippen LogP contribution in [0, 0.1) is 21.0 Å². The zero-order valence-electron chi connectivity index (χ0n) is 22.9. The average molecular weight is 879 g/mol. The van der Waals surface area contributed by atoms with Crippen molar-refractivity contribution in [2.45, 2.75) is 53.4 Å². The summed E-state index contributed by atoms with van der Waals surface area (Å²) in [6.45, 7) is 8.02. The second-order valence-corrected chi connectivity index (χ2v) is 12.2. The van der Waals surface area contributed by atoms with Crippen molar-refractivity contribution in [1.82, 2.24) is 19.9 Å².